The largest absolute Gasteiger partial charge is 0.491 e. The predicted molar refractivity (Wildman–Crippen MR) is 195 cm³/mol. The molecule has 0 unspecified atom stereocenters. The first kappa shape index (κ1) is 35.2. The Morgan fingerprint density at radius 2 is 1.96 bits per heavy atom. The van der Waals surface area contributed by atoms with Crippen LogP contribution in [0, 0.1) is 24.7 Å². The van der Waals surface area contributed by atoms with E-state index in [0.29, 0.717) is 47.7 Å². The minimum absolute atomic E-state index is 0.0177. The highest BCUT2D eigenvalue weighted by Gasteiger charge is 2.38. The van der Waals surface area contributed by atoms with Gasteiger partial charge in [-0.2, -0.15) is 0 Å². The van der Waals surface area contributed by atoms with Gasteiger partial charge in [0.25, 0.3) is 11.8 Å². The number of rotatable bonds is 3. The molecule has 3 heterocycles. The number of carbonyl (C=O) groups is 2. The van der Waals surface area contributed by atoms with E-state index in [1.165, 1.54) is 11.1 Å². The minimum Gasteiger partial charge on any atom is -0.491 e. The van der Waals surface area contributed by atoms with Gasteiger partial charge in [0.2, 0.25) is 0 Å². The number of anilines is 1. The topological polar surface area (TPSA) is 102 Å². The van der Waals surface area contributed by atoms with Gasteiger partial charge < -0.3 is 18.9 Å². The summed E-state index contributed by atoms with van der Waals surface area (Å²) in [7, 11) is 0.0903. The van der Waals surface area contributed by atoms with Crippen LogP contribution in [0.1, 0.15) is 76.6 Å². The van der Waals surface area contributed by atoms with Crippen molar-refractivity contribution in [1.29, 1.82) is 0 Å². The molecule has 49 heavy (non-hydrogen) atoms. The average molecular weight is 707 g/mol. The molecule has 6 rings (SSSR count). The molecule has 11 heteroatoms. The number of methoxy groups -OCH3 is 1. The number of amides is 2. The van der Waals surface area contributed by atoms with Crippen molar-refractivity contribution in [3.05, 3.63) is 93.8 Å². The Hall–Kier alpha value is -3.60. The smallest absolute Gasteiger partial charge is 0.286 e. The van der Waals surface area contributed by atoms with Gasteiger partial charge in [-0.3, -0.25) is 14.3 Å². The zero-order valence-electron chi connectivity index (χ0n) is 28.8. The maximum Gasteiger partial charge on any atom is 0.286 e. The number of nitrogens with one attached hydrogen (secondary N) is 1. The lowest BCUT2D eigenvalue weighted by Crippen LogP contribution is -2.43. The van der Waals surface area contributed by atoms with Crippen LogP contribution in [0.4, 0.5) is 5.69 Å². The summed E-state index contributed by atoms with van der Waals surface area (Å²) < 4.78 is 35.7. The van der Waals surface area contributed by atoms with Crippen molar-refractivity contribution in [3.8, 4) is 5.75 Å². The van der Waals surface area contributed by atoms with Gasteiger partial charge in [0.05, 0.1) is 29.7 Å². The van der Waals surface area contributed by atoms with Crippen LogP contribution in [-0.2, 0) is 34.7 Å². The number of aryl methyl sites for hydroxylation is 3. The normalized spacial score (nSPS) is 26.9. The van der Waals surface area contributed by atoms with Crippen molar-refractivity contribution in [1.82, 2.24) is 9.29 Å². The predicted octanol–water partition coefficient (Wildman–Crippen LogP) is 7.30. The minimum atomic E-state index is -3.51. The van der Waals surface area contributed by atoms with Crippen LogP contribution in [-0.4, -0.2) is 52.7 Å². The molecule has 2 bridgehead atoms. The van der Waals surface area contributed by atoms with Gasteiger partial charge in [0.1, 0.15) is 15.7 Å². The molecule has 3 aromatic rings. The van der Waals surface area contributed by atoms with E-state index in [-0.39, 0.29) is 23.3 Å². The van der Waals surface area contributed by atoms with Crippen molar-refractivity contribution < 1.29 is 23.3 Å². The van der Waals surface area contributed by atoms with Crippen molar-refractivity contribution in [3.63, 3.8) is 0 Å². The molecular weight excluding hydrogens is 660 g/mol. The van der Waals surface area contributed by atoms with Crippen LogP contribution in [0.3, 0.4) is 0 Å². The van der Waals surface area contributed by atoms with E-state index in [4.69, 9.17) is 21.1 Å². The van der Waals surface area contributed by atoms with Crippen LogP contribution < -0.4 is 14.4 Å². The third kappa shape index (κ3) is 8.24. The molecule has 1 fully saturated rings. The summed E-state index contributed by atoms with van der Waals surface area (Å²) in [5.74, 6) is 0.0981. The number of hydrogen-bond acceptors (Lipinski definition) is 6. The number of aromatic nitrogens is 1. The van der Waals surface area contributed by atoms with Crippen molar-refractivity contribution in [2.24, 2.45) is 29.2 Å². The second-order valence-electron chi connectivity index (χ2n) is 13.9. The molecule has 3 aliphatic rings. The number of benzene rings is 2. The molecule has 2 aliphatic heterocycles. The summed E-state index contributed by atoms with van der Waals surface area (Å²) in [5, 5.41) is 0.717. The van der Waals surface area contributed by atoms with E-state index < -0.39 is 21.7 Å². The van der Waals surface area contributed by atoms with Crippen molar-refractivity contribution >= 4 is 39.0 Å². The number of ether oxygens (including phenoxy) is 2. The zero-order chi connectivity index (χ0) is 34.7. The Labute approximate surface area is 295 Å². The molecule has 1 aliphatic carbocycles. The summed E-state index contributed by atoms with van der Waals surface area (Å²) >= 11 is 6.46. The summed E-state index contributed by atoms with van der Waals surface area (Å²) in [6.45, 7) is 5.73. The molecule has 1 saturated carbocycles. The van der Waals surface area contributed by atoms with Crippen molar-refractivity contribution in [2.75, 3.05) is 30.9 Å². The fourth-order valence-corrected chi connectivity index (χ4v) is 9.26. The summed E-state index contributed by atoms with van der Waals surface area (Å²) in [6, 6.07) is 13.1. The van der Waals surface area contributed by atoms with Gasteiger partial charge in [-0.1, -0.05) is 36.7 Å². The van der Waals surface area contributed by atoms with Gasteiger partial charge in [-0.05, 0) is 111 Å². The molecule has 2 amide bonds. The maximum atomic E-state index is 14.5. The van der Waals surface area contributed by atoms with Gasteiger partial charge in [0, 0.05) is 49.7 Å². The molecular formula is C38H47ClN4O5S. The fourth-order valence-electron chi connectivity index (χ4n) is 7.18. The summed E-state index contributed by atoms with van der Waals surface area (Å²) in [5.41, 5.74) is 4.72. The van der Waals surface area contributed by atoms with E-state index in [0.717, 1.165) is 50.0 Å². The first-order chi connectivity index (χ1) is 23.5. The Bertz CT molecular complexity index is 1840. The Balaban J connectivity index is 1.45. The molecule has 2 aromatic carbocycles. The Morgan fingerprint density at radius 1 is 1.12 bits per heavy atom. The third-order valence-electron chi connectivity index (χ3n) is 10.2. The van der Waals surface area contributed by atoms with Crippen LogP contribution in [0.15, 0.2) is 65.2 Å². The highest BCUT2D eigenvalue weighted by molar-refractivity contribution is 7.92. The SMILES string of the molecule is CO[C@H]1/C=C/C[C@H](C)C[S@@](=O)(NC(=O)c2cc(C)n(C)c2)=NC(=O)c2ccc3c(c2)N(Cc2ccc(Cl)cc2CCCCO3)C[C@@H]2CC[C@H]21. The second kappa shape index (κ2) is 15.1. The average Bonchev–Trinajstić information content (AvgIpc) is 3.38. The van der Waals surface area contributed by atoms with Gasteiger partial charge in [-0.15, -0.1) is 4.36 Å². The molecule has 5 atom stereocenters. The molecule has 1 N–H and O–H groups in total. The van der Waals surface area contributed by atoms with Crippen LogP contribution >= 0.6 is 11.6 Å². The third-order valence-corrected chi connectivity index (χ3v) is 12.4. The first-order valence-corrected chi connectivity index (χ1v) is 19.3. The Kier molecular flexibility index (Phi) is 10.9. The summed E-state index contributed by atoms with van der Waals surface area (Å²) in [4.78, 5) is 29.6. The summed E-state index contributed by atoms with van der Waals surface area (Å²) in [6.07, 6.45) is 11.3. The van der Waals surface area contributed by atoms with Crippen molar-refractivity contribution in [2.45, 2.75) is 65.0 Å². The first-order valence-electron chi connectivity index (χ1n) is 17.2. The van der Waals surface area contributed by atoms with E-state index in [1.807, 2.05) is 43.7 Å². The van der Waals surface area contributed by atoms with E-state index in [2.05, 4.69) is 38.3 Å². The number of nitrogens with zero attached hydrogens (tertiary/aromatic N) is 3. The number of fused-ring (bicyclic) bond motifs is 3. The van der Waals surface area contributed by atoms with Gasteiger partial charge in [0.15, 0.2) is 0 Å². The van der Waals surface area contributed by atoms with E-state index >= 15 is 0 Å². The lowest BCUT2D eigenvalue weighted by Gasteiger charge is -2.43. The number of carbonyl (C=O) groups excluding carboxylic acids is 2. The monoisotopic (exact) mass is 706 g/mol. The quantitative estimate of drug-likeness (QED) is 0.287. The molecule has 9 nitrogen and oxygen atoms in total. The van der Waals surface area contributed by atoms with E-state index in [9.17, 15) is 13.8 Å². The maximum absolute atomic E-state index is 14.5. The lowest BCUT2D eigenvalue weighted by molar-refractivity contribution is 0.0133. The highest BCUT2D eigenvalue weighted by atomic mass is 35.5. The zero-order valence-corrected chi connectivity index (χ0v) is 30.4. The molecule has 0 saturated heterocycles. The van der Waals surface area contributed by atoms with Gasteiger partial charge in [-0.25, -0.2) is 4.21 Å². The fraction of sp³-hybridized carbons (Fsp3) is 0.474. The molecule has 262 valence electrons. The van der Waals surface area contributed by atoms with Crippen LogP contribution in [0.25, 0.3) is 0 Å². The van der Waals surface area contributed by atoms with E-state index in [1.54, 1.807) is 25.4 Å². The Morgan fingerprint density at radius 3 is 2.69 bits per heavy atom. The standard InChI is InChI=1S/C38H47ClN4O5S/c1-25-8-7-10-35(47-4)33-15-12-30(33)23-43-22-29-11-14-32(39)19-27(29)9-5-6-17-48-36-16-13-28(20-34(36)43)37(44)40-49(46,24-25)41-38(45)31-18-26(2)42(3)21-31/h7,10-11,13-14,16,18-21,25,30,33,35H,5-6,8-9,12,15,17,22-24H2,1-4H3,(H,40,41,44,45,46)/b10-7+/t25-,30-,33+,35-,49-/m0/s1. The lowest BCUT2D eigenvalue weighted by atomic mass is 9.70. The molecule has 1 aromatic heterocycles. The van der Waals surface area contributed by atoms with Crippen LogP contribution in [0.5, 0.6) is 5.75 Å². The highest BCUT2D eigenvalue weighted by Crippen LogP contribution is 2.42. The number of halogens is 1. The van der Waals surface area contributed by atoms with Crippen LogP contribution in [0.2, 0.25) is 5.02 Å². The molecule has 0 radical (unpaired) electrons. The second-order valence-corrected chi connectivity index (χ2v) is 16.3. The van der Waals surface area contributed by atoms with Gasteiger partial charge >= 0.3 is 0 Å². The molecule has 0 spiro atoms. The number of allylic oxidation sites excluding steroid dienone is 1. The number of hydrogen-bond donors (Lipinski definition) is 1.